The van der Waals surface area contributed by atoms with Crippen molar-refractivity contribution in [2.75, 3.05) is 7.11 Å². The van der Waals surface area contributed by atoms with Crippen LogP contribution in [0.2, 0.25) is 0 Å². The van der Waals surface area contributed by atoms with Gasteiger partial charge in [0.2, 0.25) is 0 Å². The van der Waals surface area contributed by atoms with Crippen molar-refractivity contribution in [1.29, 1.82) is 0 Å². The molecule has 3 nitrogen and oxygen atoms in total. The summed E-state index contributed by atoms with van der Waals surface area (Å²) in [5, 5.41) is 8.81. The second-order valence-corrected chi connectivity index (χ2v) is 5.51. The first-order valence-corrected chi connectivity index (χ1v) is 6.79. The quantitative estimate of drug-likeness (QED) is 0.846. The third-order valence-corrected chi connectivity index (χ3v) is 3.28. The first-order chi connectivity index (χ1) is 8.86. The topological polar surface area (TPSA) is 46.5 Å². The van der Waals surface area contributed by atoms with Gasteiger partial charge in [-0.25, -0.2) is 0 Å². The molecule has 0 radical (unpaired) electrons. The number of benzene rings is 1. The monoisotopic (exact) mass is 264 g/mol. The number of carboxylic acids is 1. The minimum Gasteiger partial charge on any atom is -0.496 e. The van der Waals surface area contributed by atoms with Crippen LogP contribution in [0.25, 0.3) is 0 Å². The molecule has 3 heteroatoms. The number of carbonyl (C=O) groups is 1. The van der Waals surface area contributed by atoms with Crippen molar-refractivity contribution in [2.24, 2.45) is 0 Å². The minimum absolute atomic E-state index is 0.168. The number of aliphatic carboxylic acids is 1. The van der Waals surface area contributed by atoms with Crippen LogP contribution >= 0.6 is 0 Å². The van der Waals surface area contributed by atoms with Gasteiger partial charge in [-0.05, 0) is 34.9 Å². The lowest BCUT2D eigenvalue weighted by molar-refractivity contribution is -0.136. The second-order valence-electron chi connectivity index (χ2n) is 5.51. The molecule has 0 aliphatic carbocycles. The number of hydrogen-bond acceptors (Lipinski definition) is 2. The first kappa shape index (κ1) is 15.5. The average molecular weight is 264 g/mol. The summed E-state index contributed by atoms with van der Waals surface area (Å²) >= 11 is 0. The molecule has 0 heterocycles. The molecule has 0 aliphatic heterocycles. The largest absolute Gasteiger partial charge is 0.496 e. The van der Waals surface area contributed by atoms with E-state index in [9.17, 15) is 4.79 Å². The molecule has 0 aromatic heterocycles. The van der Waals surface area contributed by atoms with E-state index in [2.05, 4.69) is 39.8 Å². The summed E-state index contributed by atoms with van der Waals surface area (Å²) in [7, 11) is 1.70. The third-order valence-electron chi connectivity index (χ3n) is 3.28. The Labute approximate surface area is 115 Å². The summed E-state index contributed by atoms with van der Waals surface area (Å²) in [6, 6.07) is 4.16. The number of aryl methyl sites for hydroxylation is 1. The Balaban J connectivity index is 3.24. The van der Waals surface area contributed by atoms with Crippen molar-refractivity contribution in [1.82, 2.24) is 0 Å². The van der Waals surface area contributed by atoms with Crippen LogP contribution < -0.4 is 4.74 Å². The van der Waals surface area contributed by atoms with E-state index in [1.165, 1.54) is 0 Å². The van der Waals surface area contributed by atoms with Crippen LogP contribution in [0.3, 0.4) is 0 Å². The Hall–Kier alpha value is -1.51. The average Bonchev–Trinajstić information content (AvgIpc) is 2.34. The fraction of sp³-hybridized carbons (Fsp3) is 0.562. The van der Waals surface area contributed by atoms with Crippen molar-refractivity contribution < 1.29 is 14.6 Å². The lowest BCUT2D eigenvalue weighted by Gasteiger charge is -2.20. The molecule has 1 aromatic rings. The maximum absolute atomic E-state index is 10.7. The number of ether oxygens (including phenoxy) is 1. The van der Waals surface area contributed by atoms with E-state index in [-0.39, 0.29) is 6.42 Å². The molecule has 0 fully saturated rings. The van der Waals surface area contributed by atoms with Crippen LogP contribution in [0.4, 0.5) is 0 Å². The highest BCUT2D eigenvalue weighted by Crippen LogP contribution is 2.35. The first-order valence-electron chi connectivity index (χ1n) is 6.79. The van der Waals surface area contributed by atoms with Crippen LogP contribution in [-0.4, -0.2) is 18.2 Å². The van der Waals surface area contributed by atoms with Gasteiger partial charge in [0.25, 0.3) is 0 Å². The molecule has 1 N–H and O–H groups in total. The fourth-order valence-electron chi connectivity index (χ4n) is 2.23. The van der Waals surface area contributed by atoms with Crippen LogP contribution in [0.5, 0.6) is 5.75 Å². The van der Waals surface area contributed by atoms with Crippen LogP contribution in [0.15, 0.2) is 12.1 Å². The normalized spacial score (nSPS) is 11.1. The number of methoxy groups -OCH3 is 1. The molecule has 1 rings (SSSR count). The van der Waals surface area contributed by atoms with E-state index in [4.69, 9.17) is 9.84 Å². The molecule has 106 valence electrons. The Morgan fingerprint density at radius 3 is 1.95 bits per heavy atom. The molecule has 1 aromatic carbocycles. The molecule has 0 spiro atoms. The Bertz CT molecular complexity index is 418. The van der Waals surface area contributed by atoms with Gasteiger partial charge in [-0.2, -0.15) is 0 Å². The molecule has 0 atom stereocenters. The zero-order valence-corrected chi connectivity index (χ0v) is 12.5. The Morgan fingerprint density at radius 1 is 1.16 bits per heavy atom. The zero-order valence-electron chi connectivity index (χ0n) is 12.5. The van der Waals surface area contributed by atoms with Crippen molar-refractivity contribution in [3.63, 3.8) is 0 Å². The summed E-state index contributed by atoms with van der Waals surface area (Å²) in [6.07, 6.45) is 0.736. The van der Waals surface area contributed by atoms with Crippen molar-refractivity contribution >= 4 is 5.97 Å². The predicted octanol–water partition coefficient (Wildman–Crippen LogP) is 3.96. The standard InChI is InChI=1S/C16H24O3/c1-10(2)13-8-12(6-7-15(17)18)9-14(11(3)4)16(13)19-5/h8-11H,6-7H2,1-5H3,(H,17,18). The summed E-state index contributed by atoms with van der Waals surface area (Å²) < 4.78 is 5.56. The van der Waals surface area contributed by atoms with Crippen LogP contribution in [-0.2, 0) is 11.2 Å². The molecule has 0 amide bonds. The summed E-state index contributed by atoms with van der Waals surface area (Å²) in [4.78, 5) is 10.7. The summed E-state index contributed by atoms with van der Waals surface area (Å²) in [6.45, 7) is 8.51. The molecule has 0 bridgehead atoms. The van der Waals surface area contributed by atoms with Crippen molar-refractivity contribution in [2.45, 2.75) is 52.4 Å². The van der Waals surface area contributed by atoms with Gasteiger partial charge in [0, 0.05) is 6.42 Å². The van der Waals surface area contributed by atoms with Crippen LogP contribution in [0.1, 0.15) is 62.6 Å². The summed E-state index contributed by atoms with van der Waals surface area (Å²) in [5.74, 6) is 0.909. The van der Waals surface area contributed by atoms with Gasteiger partial charge >= 0.3 is 5.97 Å². The summed E-state index contributed by atoms with van der Waals surface area (Å²) in [5.41, 5.74) is 3.40. The third kappa shape index (κ3) is 3.98. The minimum atomic E-state index is -0.756. The number of rotatable bonds is 6. The molecule has 0 aliphatic rings. The molecule has 0 saturated heterocycles. The van der Waals surface area contributed by atoms with Gasteiger partial charge in [0.15, 0.2) is 0 Å². The lowest BCUT2D eigenvalue weighted by Crippen LogP contribution is -2.04. The smallest absolute Gasteiger partial charge is 0.303 e. The van der Waals surface area contributed by atoms with E-state index >= 15 is 0 Å². The molecular formula is C16H24O3. The SMILES string of the molecule is COc1c(C(C)C)cc(CCC(=O)O)cc1C(C)C. The molecular weight excluding hydrogens is 240 g/mol. The molecule has 0 unspecified atom stereocenters. The Kier molecular flexibility index (Phi) is 5.40. The highest BCUT2D eigenvalue weighted by atomic mass is 16.5. The van der Waals surface area contributed by atoms with E-state index < -0.39 is 5.97 Å². The van der Waals surface area contributed by atoms with Crippen molar-refractivity contribution in [3.05, 3.63) is 28.8 Å². The van der Waals surface area contributed by atoms with Gasteiger partial charge in [0.05, 0.1) is 7.11 Å². The van der Waals surface area contributed by atoms with Gasteiger partial charge in [0.1, 0.15) is 5.75 Å². The predicted molar refractivity (Wildman–Crippen MR) is 77.1 cm³/mol. The highest BCUT2D eigenvalue weighted by Gasteiger charge is 2.16. The zero-order chi connectivity index (χ0) is 14.6. The number of hydrogen-bond donors (Lipinski definition) is 1. The van der Waals surface area contributed by atoms with E-state index in [0.29, 0.717) is 18.3 Å². The van der Waals surface area contributed by atoms with E-state index in [1.807, 2.05) is 0 Å². The lowest BCUT2D eigenvalue weighted by atomic mass is 9.90. The van der Waals surface area contributed by atoms with E-state index in [1.54, 1.807) is 7.11 Å². The fourth-order valence-corrected chi connectivity index (χ4v) is 2.23. The maximum atomic E-state index is 10.7. The number of carboxylic acid groups (broad SMARTS) is 1. The van der Waals surface area contributed by atoms with Gasteiger partial charge in [-0.15, -0.1) is 0 Å². The molecule has 0 saturated carbocycles. The second kappa shape index (κ2) is 6.60. The Morgan fingerprint density at radius 2 is 1.63 bits per heavy atom. The highest BCUT2D eigenvalue weighted by molar-refractivity contribution is 5.67. The van der Waals surface area contributed by atoms with Gasteiger partial charge in [-0.3, -0.25) is 4.79 Å². The van der Waals surface area contributed by atoms with Crippen LogP contribution in [0, 0.1) is 0 Å². The molecule has 19 heavy (non-hydrogen) atoms. The van der Waals surface area contributed by atoms with E-state index in [0.717, 1.165) is 22.4 Å². The van der Waals surface area contributed by atoms with Crippen molar-refractivity contribution in [3.8, 4) is 5.75 Å². The van der Waals surface area contributed by atoms with Gasteiger partial charge in [-0.1, -0.05) is 39.8 Å². The maximum Gasteiger partial charge on any atom is 0.303 e. The van der Waals surface area contributed by atoms with Gasteiger partial charge < -0.3 is 9.84 Å².